The molecule has 1 fully saturated rings. The van der Waals surface area contributed by atoms with Gasteiger partial charge in [-0.15, -0.1) is 0 Å². The van der Waals surface area contributed by atoms with Crippen molar-refractivity contribution in [3.63, 3.8) is 0 Å². The topological polar surface area (TPSA) is 57.0 Å². The van der Waals surface area contributed by atoms with E-state index in [4.69, 9.17) is 18.8 Å². The highest BCUT2D eigenvalue weighted by Crippen LogP contribution is 2.37. The van der Waals surface area contributed by atoms with Crippen molar-refractivity contribution in [2.45, 2.75) is 40.2 Å². The molecule has 1 saturated heterocycles. The second-order valence-electron chi connectivity index (χ2n) is 7.14. The van der Waals surface area contributed by atoms with Crippen LogP contribution in [0.1, 0.15) is 43.6 Å². The predicted molar refractivity (Wildman–Crippen MR) is 131 cm³/mol. The van der Waals surface area contributed by atoms with E-state index in [9.17, 15) is 14.0 Å². The first kappa shape index (κ1) is 26.8. The van der Waals surface area contributed by atoms with Crippen molar-refractivity contribution in [2.75, 3.05) is 16.8 Å². The Balaban J connectivity index is 0.00000166. The lowest BCUT2D eigenvalue weighted by Gasteiger charge is -2.29. The summed E-state index contributed by atoms with van der Waals surface area (Å²) in [6, 6.07) is 9.16. The maximum atomic E-state index is 14.5. The summed E-state index contributed by atoms with van der Waals surface area (Å²) >= 11 is 5.58. The number of carbonyl (C=O) groups is 2. The number of thiocarbonyl (C=S) groups is 1. The smallest absolute Gasteiger partial charge is 0.259 e. The normalized spacial score (nSPS) is 14.2. The lowest BCUT2D eigenvalue weighted by molar-refractivity contribution is -0.120. The summed E-state index contributed by atoms with van der Waals surface area (Å²) in [4.78, 5) is 31.3. The summed E-state index contributed by atoms with van der Waals surface area (Å²) in [5.74, 6) is -1.51. The minimum Gasteiger partial charge on any atom is -0.355 e. The zero-order valence-electron chi connectivity index (χ0n) is 19.0. The maximum absolute atomic E-state index is 14.5. The minimum atomic E-state index is -1.07. The van der Waals surface area contributed by atoms with E-state index in [2.05, 4.69) is 10.2 Å². The zero-order valence-corrected chi connectivity index (χ0v) is 19.8. The van der Waals surface area contributed by atoms with Crippen molar-refractivity contribution in [2.24, 2.45) is 0 Å². The standard InChI is InChI=1S/C21H19FN4O2S.C2H6.B/c1-12-10-13(7-9-17(12)23-4)25-19(28)21(2,3)26(20(25)29)14-6-8-15(16(22)11-14)18(27)24-5;1-2;/h6-11H,1-3,5H3,(H,24,27);1-2H3;. The molecule has 3 rings (SSSR count). The molecule has 1 N–H and O–H groups in total. The third kappa shape index (κ3) is 4.51. The quantitative estimate of drug-likeness (QED) is 0.421. The van der Waals surface area contributed by atoms with Gasteiger partial charge < -0.3 is 10.2 Å². The summed E-state index contributed by atoms with van der Waals surface area (Å²) in [5.41, 5.74) is 0.982. The van der Waals surface area contributed by atoms with Crippen molar-refractivity contribution in [1.29, 1.82) is 0 Å². The highest BCUT2D eigenvalue weighted by atomic mass is 32.1. The average molecular weight is 451 g/mol. The number of aryl methyl sites for hydroxylation is 1. The van der Waals surface area contributed by atoms with Gasteiger partial charge >= 0.3 is 0 Å². The fraction of sp³-hybridized carbons (Fsp3) is 0.304. The van der Waals surface area contributed by atoms with Gasteiger partial charge in [-0.2, -0.15) is 0 Å². The molecule has 1 heterocycles. The van der Waals surface area contributed by atoms with E-state index in [-0.39, 0.29) is 25.0 Å². The summed E-state index contributed by atoms with van der Waals surface area (Å²) in [6.07, 6.45) is 0. The number of hydrogen-bond donors (Lipinski definition) is 1. The van der Waals surface area contributed by atoms with Gasteiger partial charge in [0.05, 0.1) is 12.1 Å². The van der Waals surface area contributed by atoms with Gasteiger partial charge in [-0.05, 0) is 68.9 Å². The SMILES string of the molecule is CC.[B].[C-]#[N+]c1ccc(N2C(=O)C(C)(C)N(c3ccc(C(=O)NC)c(F)c3)C2=S)cc1C. The van der Waals surface area contributed by atoms with Gasteiger partial charge in [0, 0.05) is 26.8 Å². The molecular formula is C23H25BFN4O2S. The van der Waals surface area contributed by atoms with Crippen LogP contribution < -0.4 is 15.1 Å². The van der Waals surface area contributed by atoms with Crippen LogP contribution in [0.3, 0.4) is 0 Å². The molecule has 0 saturated carbocycles. The summed E-state index contributed by atoms with van der Waals surface area (Å²) < 4.78 is 14.5. The Bertz CT molecular complexity index is 1100. The molecule has 3 radical (unpaired) electrons. The third-order valence-corrected chi connectivity index (χ3v) is 5.27. The Kier molecular flexibility index (Phi) is 8.69. The molecule has 0 aliphatic carbocycles. The number of anilines is 2. The lowest BCUT2D eigenvalue weighted by atomic mass is 10.0. The van der Waals surface area contributed by atoms with E-state index < -0.39 is 17.3 Å². The molecule has 0 unspecified atom stereocenters. The molecule has 0 bridgehead atoms. The van der Waals surface area contributed by atoms with Crippen molar-refractivity contribution < 1.29 is 14.0 Å². The van der Waals surface area contributed by atoms with Crippen LogP contribution in [0.15, 0.2) is 36.4 Å². The van der Waals surface area contributed by atoms with Gasteiger partial charge in [0.25, 0.3) is 11.8 Å². The average Bonchev–Trinajstić information content (AvgIpc) is 2.92. The van der Waals surface area contributed by atoms with Crippen LogP contribution in [-0.4, -0.2) is 37.9 Å². The fourth-order valence-corrected chi connectivity index (χ4v) is 3.84. The number of benzene rings is 2. The predicted octanol–water partition coefficient (Wildman–Crippen LogP) is 4.61. The van der Waals surface area contributed by atoms with Crippen LogP contribution in [0.4, 0.5) is 21.5 Å². The zero-order chi connectivity index (χ0) is 23.5. The number of rotatable bonds is 3. The van der Waals surface area contributed by atoms with Gasteiger partial charge in [-0.25, -0.2) is 9.24 Å². The Morgan fingerprint density at radius 2 is 1.75 bits per heavy atom. The van der Waals surface area contributed by atoms with E-state index in [1.54, 1.807) is 49.9 Å². The van der Waals surface area contributed by atoms with E-state index in [0.717, 1.165) is 5.56 Å². The molecule has 165 valence electrons. The number of halogens is 1. The number of nitrogens with one attached hydrogen (secondary N) is 1. The van der Waals surface area contributed by atoms with Crippen LogP contribution in [0.5, 0.6) is 0 Å². The number of nitrogens with zero attached hydrogens (tertiary/aromatic N) is 3. The Hall–Kier alpha value is -3.25. The molecule has 2 aromatic carbocycles. The second kappa shape index (κ2) is 10.4. The molecular weight excluding hydrogens is 426 g/mol. The fourth-order valence-electron chi connectivity index (χ4n) is 3.32. The molecule has 32 heavy (non-hydrogen) atoms. The molecule has 1 aliphatic heterocycles. The summed E-state index contributed by atoms with van der Waals surface area (Å²) in [7, 11) is 1.42. The van der Waals surface area contributed by atoms with Gasteiger partial charge in [-0.1, -0.05) is 19.9 Å². The molecule has 2 aromatic rings. The van der Waals surface area contributed by atoms with Crippen LogP contribution in [0, 0.1) is 19.3 Å². The first-order valence-electron chi connectivity index (χ1n) is 9.82. The number of hydrogen-bond acceptors (Lipinski definition) is 3. The van der Waals surface area contributed by atoms with Gasteiger partial charge in [-0.3, -0.25) is 14.5 Å². The monoisotopic (exact) mass is 451 g/mol. The van der Waals surface area contributed by atoms with E-state index in [1.807, 2.05) is 13.8 Å². The Morgan fingerprint density at radius 1 is 1.16 bits per heavy atom. The Morgan fingerprint density at radius 3 is 2.25 bits per heavy atom. The molecule has 0 atom stereocenters. The van der Waals surface area contributed by atoms with Gasteiger partial charge in [0.2, 0.25) is 0 Å². The van der Waals surface area contributed by atoms with E-state index in [1.165, 1.54) is 24.1 Å². The maximum Gasteiger partial charge on any atom is 0.259 e. The van der Waals surface area contributed by atoms with Crippen molar-refractivity contribution in [1.82, 2.24) is 5.32 Å². The summed E-state index contributed by atoms with van der Waals surface area (Å²) in [5, 5.41) is 2.58. The second-order valence-corrected chi connectivity index (χ2v) is 7.51. The molecule has 1 aliphatic rings. The highest BCUT2D eigenvalue weighted by molar-refractivity contribution is 7.81. The molecule has 2 amide bonds. The largest absolute Gasteiger partial charge is 0.355 e. The van der Waals surface area contributed by atoms with E-state index >= 15 is 0 Å². The molecule has 6 nitrogen and oxygen atoms in total. The molecule has 0 spiro atoms. The first-order valence-corrected chi connectivity index (χ1v) is 10.2. The summed E-state index contributed by atoms with van der Waals surface area (Å²) in [6.45, 7) is 16.4. The lowest BCUT2D eigenvalue weighted by Crippen LogP contribution is -2.44. The van der Waals surface area contributed by atoms with Crippen LogP contribution >= 0.6 is 12.2 Å². The first-order chi connectivity index (χ1) is 14.6. The van der Waals surface area contributed by atoms with E-state index in [0.29, 0.717) is 17.1 Å². The molecule has 9 heteroatoms. The van der Waals surface area contributed by atoms with Crippen LogP contribution in [-0.2, 0) is 4.79 Å². The Labute approximate surface area is 195 Å². The number of amides is 2. The molecule has 0 aromatic heterocycles. The minimum absolute atomic E-state index is 0. The van der Waals surface area contributed by atoms with Gasteiger partial charge in [0.15, 0.2) is 10.8 Å². The van der Waals surface area contributed by atoms with Crippen molar-refractivity contribution in [3.8, 4) is 0 Å². The van der Waals surface area contributed by atoms with Crippen LogP contribution in [0.25, 0.3) is 4.85 Å². The van der Waals surface area contributed by atoms with Crippen molar-refractivity contribution in [3.05, 3.63) is 64.8 Å². The van der Waals surface area contributed by atoms with Crippen LogP contribution in [0.2, 0.25) is 0 Å². The number of carbonyl (C=O) groups excluding carboxylic acids is 2. The third-order valence-electron chi connectivity index (χ3n) is 4.91. The van der Waals surface area contributed by atoms with Gasteiger partial charge in [0.1, 0.15) is 11.4 Å². The van der Waals surface area contributed by atoms with Crippen molar-refractivity contribution >= 4 is 54.6 Å². The highest BCUT2D eigenvalue weighted by Gasteiger charge is 2.50.